The van der Waals surface area contributed by atoms with Crippen molar-refractivity contribution in [1.82, 2.24) is 0 Å². The van der Waals surface area contributed by atoms with E-state index in [1.807, 2.05) is 21.1 Å². The molecule has 0 aromatic heterocycles. The summed E-state index contributed by atoms with van der Waals surface area (Å²) in [4.78, 5) is 37.7. The van der Waals surface area contributed by atoms with Gasteiger partial charge in [-0.05, 0) is 12.8 Å². The molecule has 0 aliphatic heterocycles. The summed E-state index contributed by atoms with van der Waals surface area (Å²) in [5.74, 6) is -0.812. The fourth-order valence-corrected chi connectivity index (χ4v) is 8.50. The van der Waals surface area contributed by atoms with Crippen LogP contribution in [0.15, 0.2) is 0 Å². The predicted molar refractivity (Wildman–Crippen MR) is 255 cm³/mol. The highest BCUT2D eigenvalue weighted by atomic mass is 31.2. The molecule has 0 aliphatic rings. The summed E-state index contributed by atoms with van der Waals surface area (Å²) in [7, 11) is 1.19. The predicted octanol–water partition coefficient (Wildman–Crippen LogP) is 14.9. The van der Waals surface area contributed by atoms with Crippen LogP contribution < -0.4 is 4.89 Å². The van der Waals surface area contributed by atoms with Crippen LogP contribution >= 0.6 is 7.82 Å². The van der Waals surface area contributed by atoms with Crippen molar-refractivity contribution in [2.24, 2.45) is 0 Å². The maximum Gasteiger partial charge on any atom is 0.306 e. The maximum absolute atomic E-state index is 12.7. The SMILES string of the molecule is CCCCCCCCCCCCCCCCCCCCCC(=O)O[C@H](COC(=O)CCCCCCCCCCCCCCCCCCCC)COP(=O)([O-])OCC[N+](C)(C)C. The lowest BCUT2D eigenvalue weighted by Crippen LogP contribution is -2.37. The second kappa shape index (κ2) is 44.2. The van der Waals surface area contributed by atoms with E-state index < -0.39 is 26.5 Å². The van der Waals surface area contributed by atoms with Crippen molar-refractivity contribution in [2.75, 3.05) is 47.5 Å². The summed E-state index contributed by atoms with van der Waals surface area (Å²) in [6.45, 7) is 4.30. The first kappa shape index (κ1) is 60.0. The van der Waals surface area contributed by atoms with Crippen molar-refractivity contribution in [2.45, 2.75) is 270 Å². The first-order valence-electron chi connectivity index (χ1n) is 26.2. The molecule has 0 radical (unpaired) electrons. The molecule has 0 aromatic rings. The Hall–Kier alpha value is -0.990. The molecule has 2 atom stereocenters. The lowest BCUT2D eigenvalue weighted by Gasteiger charge is -2.28. The summed E-state index contributed by atoms with van der Waals surface area (Å²) >= 11 is 0. The van der Waals surface area contributed by atoms with Crippen LogP contribution in [0.3, 0.4) is 0 Å². The molecule has 364 valence electrons. The first-order valence-corrected chi connectivity index (χ1v) is 27.7. The van der Waals surface area contributed by atoms with Crippen LogP contribution in [0.4, 0.5) is 0 Å². The number of nitrogens with zero attached hydrogens (tertiary/aromatic N) is 1. The second-order valence-corrected chi connectivity index (χ2v) is 20.7. The quantitative estimate of drug-likeness (QED) is 0.0257. The standard InChI is InChI=1S/C51H102NO8P/c1-6-8-10-12-14-16-18-20-22-24-26-28-30-32-34-36-38-40-42-44-51(54)60-49(48-59-61(55,56)58-46-45-52(3,4)5)47-57-50(53)43-41-39-37-35-33-31-29-27-25-23-21-19-17-15-13-11-9-7-2/h49H,6-48H2,1-5H3/t49-/m1/s1. The third-order valence-electron chi connectivity index (χ3n) is 11.9. The molecule has 0 fully saturated rings. The van der Waals surface area contributed by atoms with Gasteiger partial charge in [0.1, 0.15) is 19.8 Å². The van der Waals surface area contributed by atoms with E-state index in [9.17, 15) is 19.0 Å². The zero-order valence-corrected chi connectivity index (χ0v) is 42.0. The van der Waals surface area contributed by atoms with Gasteiger partial charge < -0.3 is 27.9 Å². The minimum Gasteiger partial charge on any atom is -0.756 e. The Kier molecular flexibility index (Phi) is 43.5. The maximum atomic E-state index is 12.7. The van der Waals surface area contributed by atoms with Crippen LogP contribution in [0, 0.1) is 0 Å². The Morgan fingerprint density at radius 1 is 0.443 bits per heavy atom. The number of quaternary nitrogens is 1. The molecular formula is C51H102NO8P. The average molecular weight is 888 g/mol. The molecule has 1 unspecified atom stereocenters. The molecule has 0 bridgehead atoms. The summed E-state index contributed by atoms with van der Waals surface area (Å²) < 4.78 is 34.1. The van der Waals surface area contributed by atoms with Gasteiger partial charge in [0, 0.05) is 12.8 Å². The number of hydrogen-bond donors (Lipinski definition) is 0. The number of ether oxygens (including phenoxy) is 2. The average Bonchev–Trinajstić information content (AvgIpc) is 3.21. The number of phosphoric acid groups is 1. The van der Waals surface area contributed by atoms with E-state index in [0.29, 0.717) is 17.4 Å². The zero-order valence-electron chi connectivity index (χ0n) is 41.1. The Bertz CT molecular complexity index is 1010. The topological polar surface area (TPSA) is 111 Å². The number of carbonyl (C=O) groups is 2. The van der Waals surface area contributed by atoms with E-state index in [-0.39, 0.29) is 32.0 Å². The van der Waals surface area contributed by atoms with Gasteiger partial charge in [-0.1, -0.05) is 239 Å². The molecule has 0 spiro atoms. The molecule has 0 rings (SSSR count). The molecule has 0 heterocycles. The van der Waals surface area contributed by atoms with Crippen molar-refractivity contribution >= 4 is 19.8 Å². The molecule has 0 saturated heterocycles. The molecule has 9 nitrogen and oxygen atoms in total. The van der Waals surface area contributed by atoms with E-state index in [1.165, 1.54) is 199 Å². The highest BCUT2D eigenvalue weighted by molar-refractivity contribution is 7.45. The van der Waals surface area contributed by atoms with E-state index in [4.69, 9.17) is 18.5 Å². The van der Waals surface area contributed by atoms with Crippen molar-refractivity contribution in [3.8, 4) is 0 Å². The zero-order chi connectivity index (χ0) is 45.0. The number of carbonyl (C=O) groups excluding carboxylic acids is 2. The number of phosphoric ester groups is 1. The molecule has 0 saturated carbocycles. The highest BCUT2D eigenvalue weighted by Crippen LogP contribution is 2.38. The first-order chi connectivity index (χ1) is 29.5. The van der Waals surface area contributed by atoms with Gasteiger partial charge in [0.2, 0.25) is 0 Å². The van der Waals surface area contributed by atoms with Crippen LogP contribution in [-0.2, 0) is 32.7 Å². The van der Waals surface area contributed by atoms with Gasteiger partial charge in [0.15, 0.2) is 6.10 Å². The fourth-order valence-electron chi connectivity index (χ4n) is 7.78. The Labute approximate surface area is 378 Å². The molecule has 0 aromatic carbocycles. The van der Waals surface area contributed by atoms with Crippen LogP contribution in [0.5, 0.6) is 0 Å². The second-order valence-electron chi connectivity index (χ2n) is 19.3. The summed E-state index contributed by atoms with van der Waals surface area (Å²) in [6.07, 6.45) is 47.0. The van der Waals surface area contributed by atoms with Gasteiger partial charge in [-0.25, -0.2) is 0 Å². The number of likely N-dealkylation sites (N-methyl/N-ethyl adjacent to an activating group) is 1. The third-order valence-corrected chi connectivity index (χ3v) is 12.8. The number of esters is 2. The highest BCUT2D eigenvalue weighted by Gasteiger charge is 2.21. The summed E-state index contributed by atoms with van der Waals surface area (Å²) in [5, 5.41) is 0. The molecule has 61 heavy (non-hydrogen) atoms. The van der Waals surface area contributed by atoms with Crippen molar-refractivity contribution in [3.05, 3.63) is 0 Å². The fraction of sp³-hybridized carbons (Fsp3) is 0.961. The van der Waals surface area contributed by atoms with Gasteiger partial charge in [-0.3, -0.25) is 14.2 Å². The van der Waals surface area contributed by atoms with Crippen LogP contribution in [0.2, 0.25) is 0 Å². The summed E-state index contributed by atoms with van der Waals surface area (Å²) in [5.41, 5.74) is 0. The molecule has 10 heteroatoms. The monoisotopic (exact) mass is 888 g/mol. The van der Waals surface area contributed by atoms with Crippen molar-refractivity contribution in [3.63, 3.8) is 0 Å². The normalized spacial score (nSPS) is 13.3. The van der Waals surface area contributed by atoms with Crippen molar-refractivity contribution < 1.29 is 42.1 Å². The van der Waals surface area contributed by atoms with Gasteiger partial charge in [0.25, 0.3) is 7.82 Å². The molecule has 0 amide bonds. The summed E-state index contributed by atoms with van der Waals surface area (Å²) in [6, 6.07) is 0. The van der Waals surface area contributed by atoms with Crippen LogP contribution in [0.25, 0.3) is 0 Å². The van der Waals surface area contributed by atoms with Gasteiger partial charge in [0.05, 0.1) is 27.7 Å². The largest absolute Gasteiger partial charge is 0.756 e. The van der Waals surface area contributed by atoms with E-state index >= 15 is 0 Å². The van der Waals surface area contributed by atoms with E-state index in [2.05, 4.69) is 13.8 Å². The van der Waals surface area contributed by atoms with Gasteiger partial charge in [-0.2, -0.15) is 0 Å². The number of hydrogen-bond acceptors (Lipinski definition) is 8. The van der Waals surface area contributed by atoms with Crippen LogP contribution in [0.1, 0.15) is 264 Å². The molecule has 0 aliphatic carbocycles. The Morgan fingerprint density at radius 3 is 1.05 bits per heavy atom. The Balaban J connectivity index is 4.19. The smallest absolute Gasteiger partial charge is 0.306 e. The van der Waals surface area contributed by atoms with Crippen LogP contribution in [-0.4, -0.2) is 70.0 Å². The third kappa shape index (κ3) is 48.3. The molecular weight excluding hydrogens is 786 g/mol. The Morgan fingerprint density at radius 2 is 0.738 bits per heavy atom. The van der Waals surface area contributed by atoms with E-state index in [1.54, 1.807) is 0 Å². The van der Waals surface area contributed by atoms with E-state index in [0.717, 1.165) is 32.1 Å². The van der Waals surface area contributed by atoms with Crippen molar-refractivity contribution in [1.29, 1.82) is 0 Å². The lowest BCUT2D eigenvalue weighted by molar-refractivity contribution is -0.870. The van der Waals surface area contributed by atoms with Gasteiger partial charge in [-0.15, -0.1) is 0 Å². The lowest BCUT2D eigenvalue weighted by atomic mass is 10.0. The van der Waals surface area contributed by atoms with Gasteiger partial charge >= 0.3 is 11.9 Å². The number of unbranched alkanes of at least 4 members (excludes halogenated alkanes) is 35. The minimum atomic E-state index is -4.62. The number of rotatable bonds is 49. The minimum absolute atomic E-state index is 0.0253. The molecule has 0 N–H and O–H groups in total.